The fourth-order valence-electron chi connectivity index (χ4n) is 2.20. The van der Waals surface area contributed by atoms with Crippen LogP contribution in [-0.2, 0) is 9.47 Å². The normalized spacial score (nSPS) is 23.9. The Balaban J connectivity index is 1.94. The van der Waals surface area contributed by atoms with Crippen molar-refractivity contribution in [2.24, 2.45) is 4.99 Å². The average Bonchev–Trinajstić information content (AvgIpc) is 2.78. The van der Waals surface area contributed by atoms with Gasteiger partial charge in [-0.1, -0.05) is 12.1 Å². The zero-order valence-electron chi connectivity index (χ0n) is 11.6. The molecule has 0 radical (unpaired) electrons. The van der Waals surface area contributed by atoms with Crippen molar-refractivity contribution in [3.05, 3.63) is 34.9 Å². The van der Waals surface area contributed by atoms with E-state index in [0.717, 1.165) is 11.1 Å². The molecule has 1 aromatic rings. The number of hydrogen-bond acceptors (Lipinski definition) is 3. The second kappa shape index (κ2) is 3.74. The van der Waals surface area contributed by atoms with Crippen molar-refractivity contribution in [3.63, 3.8) is 0 Å². The summed E-state index contributed by atoms with van der Waals surface area (Å²) in [6.45, 7) is 8.03. The molecular formula is C15H17NO3. The zero-order chi connectivity index (χ0) is 13.8. The molecule has 1 saturated heterocycles. The number of ether oxygens (including phenoxy) is 2. The van der Waals surface area contributed by atoms with Crippen LogP contribution < -0.4 is 0 Å². The quantitative estimate of drug-likeness (QED) is 0.779. The third kappa shape index (κ3) is 1.83. The van der Waals surface area contributed by atoms with Crippen LogP contribution in [0.2, 0.25) is 0 Å². The van der Waals surface area contributed by atoms with Gasteiger partial charge in [-0.2, -0.15) is 0 Å². The van der Waals surface area contributed by atoms with Crippen molar-refractivity contribution >= 4 is 12.1 Å². The molecule has 0 spiro atoms. The molecule has 1 fully saturated rings. The lowest BCUT2D eigenvalue weighted by Gasteiger charge is -2.30. The van der Waals surface area contributed by atoms with Crippen molar-refractivity contribution in [1.82, 2.24) is 0 Å². The summed E-state index contributed by atoms with van der Waals surface area (Å²) in [5.41, 5.74) is 1.57. The van der Waals surface area contributed by atoms with E-state index in [-0.39, 0.29) is 17.1 Å². The fourth-order valence-corrected chi connectivity index (χ4v) is 2.20. The minimum absolute atomic E-state index is 0.201. The highest BCUT2D eigenvalue weighted by Gasteiger charge is 2.49. The molecule has 1 amide bonds. The van der Waals surface area contributed by atoms with E-state index in [9.17, 15) is 4.79 Å². The van der Waals surface area contributed by atoms with Crippen LogP contribution in [0.5, 0.6) is 0 Å². The Morgan fingerprint density at radius 2 is 1.74 bits per heavy atom. The van der Waals surface area contributed by atoms with E-state index in [1.165, 1.54) is 0 Å². The van der Waals surface area contributed by atoms with Crippen molar-refractivity contribution in [1.29, 1.82) is 0 Å². The van der Waals surface area contributed by atoms with Gasteiger partial charge in [-0.15, -0.1) is 0 Å². The van der Waals surface area contributed by atoms with Gasteiger partial charge in [0, 0.05) is 17.3 Å². The maximum atomic E-state index is 11.6. The van der Waals surface area contributed by atoms with Crippen molar-refractivity contribution in [2.75, 3.05) is 0 Å². The maximum Gasteiger partial charge on any atom is 0.277 e. The molecule has 19 heavy (non-hydrogen) atoms. The molecule has 4 nitrogen and oxygen atoms in total. The Kier molecular flexibility index (Phi) is 2.46. The molecule has 100 valence electrons. The van der Waals surface area contributed by atoms with Gasteiger partial charge >= 0.3 is 0 Å². The third-order valence-corrected chi connectivity index (χ3v) is 4.15. The SMILES string of the molecule is CC1(C)OC(c2ccc3c(c2)C(=O)N=C3)OC1(C)C. The number of nitrogens with zero attached hydrogens (tertiary/aromatic N) is 1. The van der Waals surface area contributed by atoms with Crippen molar-refractivity contribution in [2.45, 2.75) is 45.2 Å². The first-order chi connectivity index (χ1) is 8.80. The van der Waals surface area contributed by atoms with Crippen LogP contribution in [0, 0.1) is 0 Å². The van der Waals surface area contributed by atoms with Gasteiger partial charge in [0.05, 0.1) is 16.8 Å². The van der Waals surface area contributed by atoms with Gasteiger partial charge in [0.1, 0.15) is 0 Å². The topological polar surface area (TPSA) is 47.9 Å². The molecule has 0 bridgehead atoms. The molecule has 1 aromatic carbocycles. The Morgan fingerprint density at radius 3 is 2.37 bits per heavy atom. The monoisotopic (exact) mass is 259 g/mol. The van der Waals surface area contributed by atoms with E-state index in [1.54, 1.807) is 6.21 Å². The molecule has 0 unspecified atom stereocenters. The van der Waals surface area contributed by atoms with Gasteiger partial charge in [0.2, 0.25) is 0 Å². The predicted molar refractivity (Wildman–Crippen MR) is 71.4 cm³/mol. The number of amides is 1. The van der Waals surface area contributed by atoms with Crippen LogP contribution in [0.4, 0.5) is 0 Å². The molecule has 3 rings (SSSR count). The minimum Gasteiger partial charge on any atom is -0.339 e. The molecule has 0 atom stereocenters. The average molecular weight is 259 g/mol. The Morgan fingerprint density at radius 1 is 1.11 bits per heavy atom. The van der Waals surface area contributed by atoms with Crippen molar-refractivity contribution < 1.29 is 14.3 Å². The first-order valence-electron chi connectivity index (χ1n) is 6.38. The molecule has 0 saturated carbocycles. The highest BCUT2D eigenvalue weighted by Crippen LogP contribution is 2.44. The summed E-state index contributed by atoms with van der Waals surface area (Å²) in [5.74, 6) is -0.201. The number of rotatable bonds is 1. The number of carbonyl (C=O) groups is 1. The lowest BCUT2D eigenvalue weighted by Crippen LogP contribution is -2.41. The summed E-state index contributed by atoms with van der Waals surface area (Å²) >= 11 is 0. The zero-order valence-corrected chi connectivity index (χ0v) is 11.6. The van der Waals surface area contributed by atoms with Gasteiger partial charge in [-0.3, -0.25) is 4.79 Å². The molecule has 2 aliphatic heterocycles. The van der Waals surface area contributed by atoms with Gasteiger partial charge in [0.15, 0.2) is 6.29 Å². The van der Waals surface area contributed by atoms with E-state index < -0.39 is 6.29 Å². The van der Waals surface area contributed by atoms with Gasteiger partial charge < -0.3 is 9.47 Å². The van der Waals surface area contributed by atoms with Crippen LogP contribution in [0.3, 0.4) is 0 Å². The second-order valence-electron chi connectivity index (χ2n) is 6.00. The summed E-state index contributed by atoms with van der Waals surface area (Å²) in [6.07, 6.45) is 1.15. The summed E-state index contributed by atoms with van der Waals surface area (Å²) in [4.78, 5) is 15.4. The van der Waals surface area contributed by atoms with Crippen molar-refractivity contribution in [3.8, 4) is 0 Å². The fraction of sp³-hybridized carbons (Fsp3) is 0.467. The van der Waals surface area contributed by atoms with E-state index in [2.05, 4.69) is 4.99 Å². The lowest BCUT2D eigenvalue weighted by atomic mass is 9.90. The molecular weight excluding hydrogens is 242 g/mol. The molecule has 0 aromatic heterocycles. The summed E-state index contributed by atoms with van der Waals surface area (Å²) in [7, 11) is 0. The summed E-state index contributed by atoms with van der Waals surface area (Å²) < 4.78 is 11.9. The largest absolute Gasteiger partial charge is 0.339 e. The van der Waals surface area contributed by atoms with Gasteiger partial charge in [-0.05, 0) is 33.8 Å². The van der Waals surface area contributed by atoms with Gasteiger partial charge in [-0.25, -0.2) is 4.99 Å². The van der Waals surface area contributed by atoms with E-state index in [1.807, 2.05) is 45.9 Å². The van der Waals surface area contributed by atoms with Crippen LogP contribution in [0.25, 0.3) is 0 Å². The first-order valence-corrected chi connectivity index (χ1v) is 6.38. The third-order valence-electron chi connectivity index (χ3n) is 4.15. The highest BCUT2D eigenvalue weighted by atomic mass is 16.7. The molecule has 2 aliphatic rings. The highest BCUT2D eigenvalue weighted by molar-refractivity contribution is 6.12. The molecule has 2 heterocycles. The number of carbonyl (C=O) groups excluding carboxylic acids is 1. The van der Waals surface area contributed by atoms with Crippen LogP contribution in [0.1, 0.15) is 55.5 Å². The Bertz CT molecular complexity index is 571. The first kappa shape index (κ1) is 12.5. The molecule has 0 N–H and O–H groups in total. The lowest BCUT2D eigenvalue weighted by molar-refractivity contribution is -0.0895. The van der Waals surface area contributed by atoms with Gasteiger partial charge in [0.25, 0.3) is 5.91 Å². The second-order valence-corrected chi connectivity index (χ2v) is 6.00. The summed E-state index contributed by atoms with van der Waals surface area (Å²) in [5, 5.41) is 0. The van der Waals surface area contributed by atoms with Crippen LogP contribution >= 0.6 is 0 Å². The predicted octanol–water partition coefficient (Wildman–Crippen LogP) is 2.86. The smallest absolute Gasteiger partial charge is 0.277 e. The summed E-state index contributed by atoms with van der Waals surface area (Å²) in [6, 6.07) is 5.61. The standard InChI is InChI=1S/C15H17NO3/c1-14(2)15(3,4)19-13(18-14)9-5-6-10-8-16-12(17)11(10)7-9/h5-8,13H,1-4H3. The molecule has 0 aliphatic carbocycles. The number of aliphatic imine (C=N–C) groups is 1. The number of hydrogen-bond donors (Lipinski definition) is 0. The minimum atomic E-state index is -0.441. The van der Waals surface area contributed by atoms with E-state index in [0.29, 0.717) is 5.56 Å². The van der Waals surface area contributed by atoms with Crippen LogP contribution in [0.15, 0.2) is 23.2 Å². The molecule has 4 heteroatoms. The van der Waals surface area contributed by atoms with E-state index >= 15 is 0 Å². The Labute approximate surface area is 112 Å². The maximum absolute atomic E-state index is 11.6. The van der Waals surface area contributed by atoms with Crippen LogP contribution in [-0.4, -0.2) is 23.3 Å². The Hall–Kier alpha value is -1.52. The van der Waals surface area contributed by atoms with E-state index in [4.69, 9.17) is 9.47 Å². The number of fused-ring (bicyclic) bond motifs is 1. The number of benzene rings is 1.